The zero-order valence-corrected chi connectivity index (χ0v) is 20.8. The summed E-state index contributed by atoms with van der Waals surface area (Å²) >= 11 is 0. The van der Waals surface area contributed by atoms with Crippen LogP contribution in [0.4, 0.5) is 4.79 Å². The number of carbonyl (C=O) groups excluding carboxylic acids is 3. The maximum atomic E-state index is 13.2. The van der Waals surface area contributed by atoms with E-state index in [-0.39, 0.29) is 35.6 Å². The number of carbonyl (C=O) groups is 3. The Labute approximate surface area is 202 Å². The molecule has 2 N–H and O–H groups in total. The molecule has 0 bridgehead atoms. The van der Waals surface area contributed by atoms with Crippen LogP contribution >= 0.6 is 0 Å². The maximum Gasteiger partial charge on any atom is 0.509 e. The molecule has 0 aliphatic heterocycles. The van der Waals surface area contributed by atoms with Gasteiger partial charge in [0.05, 0.1) is 12.7 Å². The molecule has 0 heterocycles. The van der Waals surface area contributed by atoms with Crippen molar-refractivity contribution in [1.82, 2.24) is 0 Å². The summed E-state index contributed by atoms with van der Waals surface area (Å²) in [6.45, 7) is 5.70. The predicted molar refractivity (Wildman–Crippen MR) is 125 cm³/mol. The second-order valence-electron chi connectivity index (χ2n) is 11.4. The third kappa shape index (κ3) is 3.83. The normalized spacial score (nSPS) is 41.1. The highest BCUT2D eigenvalue weighted by Crippen LogP contribution is 2.68. The number of fused-ring (bicyclic) bond motifs is 5. The van der Waals surface area contributed by atoms with E-state index >= 15 is 0 Å². The highest BCUT2D eigenvalue weighted by molar-refractivity contribution is 5.92. The number of hydrogen-bond donors (Lipinski definition) is 2. The number of ether oxygens (including phenoxy) is 2. The van der Waals surface area contributed by atoms with Gasteiger partial charge in [0.15, 0.2) is 11.4 Å². The van der Waals surface area contributed by atoms with Gasteiger partial charge in [-0.25, -0.2) is 4.79 Å². The molecule has 0 saturated heterocycles. The Bertz CT molecular complexity index is 865. The SMILES string of the molecule is CCCCCOC(=O)O[C@]1(C(=O)CO)CC[C@H]2[C@@H]3CCC4=CC(=O)CC[C@]4(C)[C@H]3[C@@H](O)C[C@@]21C. The van der Waals surface area contributed by atoms with E-state index in [1.54, 1.807) is 6.08 Å². The summed E-state index contributed by atoms with van der Waals surface area (Å²) < 4.78 is 11.1. The Balaban J connectivity index is 1.63. The van der Waals surface area contributed by atoms with Crippen molar-refractivity contribution in [3.8, 4) is 0 Å². The molecule has 3 saturated carbocycles. The molecule has 0 amide bonds. The molecule has 7 nitrogen and oxygen atoms in total. The minimum Gasteiger partial charge on any atom is -0.434 e. The lowest BCUT2D eigenvalue weighted by atomic mass is 9.45. The number of aliphatic hydroxyl groups is 2. The predicted octanol–water partition coefficient (Wildman–Crippen LogP) is 4.13. The van der Waals surface area contributed by atoms with Gasteiger partial charge in [-0.2, -0.15) is 0 Å². The van der Waals surface area contributed by atoms with E-state index in [0.717, 1.165) is 44.1 Å². The van der Waals surface area contributed by atoms with Crippen molar-refractivity contribution >= 4 is 17.7 Å². The second kappa shape index (κ2) is 9.38. The number of hydrogen-bond acceptors (Lipinski definition) is 7. The van der Waals surface area contributed by atoms with Crippen molar-refractivity contribution < 1.29 is 34.1 Å². The molecule has 4 aliphatic rings. The summed E-state index contributed by atoms with van der Waals surface area (Å²) in [6.07, 6.45) is 7.09. The van der Waals surface area contributed by atoms with Gasteiger partial charge in [-0.3, -0.25) is 9.59 Å². The topological polar surface area (TPSA) is 110 Å². The molecule has 0 unspecified atom stereocenters. The Morgan fingerprint density at radius 1 is 1.15 bits per heavy atom. The molecule has 3 fully saturated rings. The smallest absolute Gasteiger partial charge is 0.434 e. The quantitative estimate of drug-likeness (QED) is 0.420. The number of aliphatic hydroxyl groups excluding tert-OH is 2. The summed E-state index contributed by atoms with van der Waals surface area (Å²) in [5, 5.41) is 21.4. The fraction of sp³-hybridized carbons (Fsp3) is 0.815. The summed E-state index contributed by atoms with van der Waals surface area (Å²) in [4.78, 5) is 37.9. The van der Waals surface area contributed by atoms with Crippen LogP contribution in [0.1, 0.15) is 85.0 Å². The van der Waals surface area contributed by atoms with Crippen molar-refractivity contribution in [2.24, 2.45) is 28.6 Å². The van der Waals surface area contributed by atoms with Crippen LogP contribution in [0.3, 0.4) is 0 Å². The van der Waals surface area contributed by atoms with Crippen LogP contribution in [0.25, 0.3) is 0 Å². The first-order chi connectivity index (χ1) is 16.1. The van der Waals surface area contributed by atoms with Crippen molar-refractivity contribution in [2.75, 3.05) is 13.2 Å². The maximum absolute atomic E-state index is 13.2. The fourth-order valence-electron chi connectivity index (χ4n) is 8.16. The van der Waals surface area contributed by atoms with E-state index in [9.17, 15) is 24.6 Å². The van der Waals surface area contributed by atoms with Crippen molar-refractivity contribution in [3.63, 3.8) is 0 Å². The molecular weight excluding hydrogens is 436 g/mol. The van der Waals surface area contributed by atoms with Crippen molar-refractivity contribution in [3.05, 3.63) is 11.6 Å². The van der Waals surface area contributed by atoms with Gasteiger partial charge in [0.2, 0.25) is 5.78 Å². The number of ketones is 2. The molecule has 0 aromatic rings. The monoisotopic (exact) mass is 476 g/mol. The van der Waals surface area contributed by atoms with Gasteiger partial charge in [0.25, 0.3) is 0 Å². The first kappa shape index (κ1) is 25.4. The van der Waals surface area contributed by atoms with Crippen molar-refractivity contribution in [2.45, 2.75) is 96.7 Å². The van der Waals surface area contributed by atoms with Gasteiger partial charge in [-0.1, -0.05) is 39.2 Å². The third-order valence-corrected chi connectivity index (χ3v) is 9.84. The number of rotatable bonds is 7. The zero-order valence-electron chi connectivity index (χ0n) is 20.8. The van der Waals surface area contributed by atoms with E-state index < -0.39 is 35.7 Å². The van der Waals surface area contributed by atoms with Gasteiger partial charge in [-0.15, -0.1) is 0 Å². The lowest BCUT2D eigenvalue weighted by Gasteiger charge is -2.60. The molecular formula is C27H40O7. The van der Waals surface area contributed by atoms with Gasteiger partial charge in [0.1, 0.15) is 6.61 Å². The van der Waals surface area contributed by atoms with Gasteiger partial charge in [-0.05, 0) is 74.2 Å². The highest BCUT2D eigenvalue weighted by atomic mass is 16.7. The van der Waals surface area contributed by atoms with E-state index in [2.05, 4.69) is 13.8 Å². The fourth-order valence-corrected chi connectivity index (χ4v) is 8.16. The van der Waals surface area contributed by atoms with Gasteiger partial charge >= 0.3 is 6.16 Å². The van der Waals surface area contributed by atoms with E-state index in [0.29, 0.717) is 25.7 Å². The molecule has 0 aromatic heterocycles. The summed E-state index contributed by atoms with van der Waals surface area (Å²) in [5.41, 5.74) is -1.38. The highest BCUT2D eigenvalue weighted by Gasteiger charge is 2.70. The van der Waals surface area contributed by atoms with E-state index in [4.69, 9.17) is 9.47 Å². The molecule has 4 rings (SSSR count). The average Bonchev–Trinajstić information content (AvgIpc) is 3.08. The van der Waals surface area contributed by atoms with Crippen LogP contribution in [0, 0.1) is 28.6 Å². The summed E-state index contributed by atoms with van der Waals surface area (Å²) in [5.74, 6) is -0.124. The molecule has 0 aromatic carbocycles. The van der Waals surface area contributed by atoms with Gasteiger partial charge in [0, 0.05) is 11.8 Å². The van der Waals surface area contributed by atoms with Crippen LogP contribution in [0.2, 0.25) is 0 Å². The number of Topliss-reactive ketones (excluding diaryl/α,β-unsaturated/α-hetero) is 1. The molecule has 190 valence electrons. The molecule has 4 aliphatic carbocycles. The van der Waals surface area contributed by atoms with Gasteiger partial charge < -0.3 is 19.7 Å². The first-order valence-corrected chi connectivity index (χ1v) is 13.0. The van der Waals surface area contributed by atoms with Crippen LogP contribution < -0.4 is 0 Å². The first-order valence-electron chi connectivity index (χ1n) is 13.0. The lowest BCUT2D eigenvalue weighted by Crippen LogP contribution is -2.63. The molecule has 7 heteroatoms. The number of allylic oxidation sites excluding steroid dienone is 1. The zero-order chi connectivity index (χ0) is 24.7. The van der Waals surface area contributed by atoms with Crippen molar-refractivity contribution in [1.29, 1.82) is 0 Å². The molecule has 0 spiro atoms. The number of unbranched alkanes of at least 4 members (excludes halogenated alkanes) is 2. The van der Waals surface area contributed by atoms with Crippen LogP contribution in [0.5, 0.6) is 0 Å². The van der Waals surface area contributed by atoms with Crippen LogP contribution in [-0.2, 0) is 19.1 Å². The summed E-state index contributed by atoms with van der Waals surface area (Å²) in [6, 6.07) is 0. The molecule has 0 radical (unpaired) electrons. The Morgan fingerprint density at radius 2 is 1.91 bits per heavy atom. The second-order valence-corrected chi connectivity index (χ2v) is 11.4. The lowest BCUT2D eigenvalue weighted by molar-refractivity contribution is -0.187. The minimum atomic E-state index is -1.50. The standard InChI is InChI=1S/C27H40O7/c1-4-5-6-13-33-24(32)34-27(22(31)16-28)12-10-20-19-8-7-17-14-18(29)9-11-25(17,2)23(19)21(30)15-26(20,27)3/h14,19-21,23,28,30H,4-13,15-16H2,1-3H3/t19-,20-,21-,23+,25-,26-,27-/m0/s1. The largest absolute Gasteiger partial charge is 0.509 e. The Hall–Kier alpha value is -1.73. The van der Waals surface area contributed by atoms with Crippen LogP contribution in [0.15, 0.2) is 11.6 Å². The minimum absolute atomic E-state index is 0.000279. The molecule has 34 heavy (non-hydrogen) atoms. The average molecular weight is 477 g/mol. The summed E-state index contributed by atoms with van der Waals surface area (Å²) in [7, 11) is 0. The molecule has 7 atom stereocenters. The van der Waals surface area contributed by atoms with E-state index in [1.165, 1.54) is 0 Å². The van der Waals surface area contributed by atoms with Crippen LogP contribution in [-0.4, -0.2) is 52.9 Å². The Kier molecular flexibility index (Phi) is 7.00. The Morgan fingerprint density at radius 3 is 2.62 bits per heavy atom. The van der Waals surface area contributed by atoms with E-state index in [1.807, 2.05) is 6.92 Å². The third-order valence-electron chi connectivity index (χ3n) is 9.84.